The van der Waals surface area contributed by atoms with E-state index >= 15 is 0 Å². The summed E-state index contributed by atoms with van der Waals surface area (Å²) in [6, 6.07) is 1.08. The van der Waals surface area contributed by atoms with Crippen LogP contribution < -0.4 is 0 Å². The highest BCUT2D eigenvalue weighted by Gasteiger charge is 2.30. The average Bonchev–Trinajstić information content (AvgIpc) is 2.54. The Morgan fingerprint density at radius 1 is 1.07 bits per heavy atom. The van der Waals surface area contributed by atoms with Gasteiger partial charge in [0.1, 0.15) is 0 Å². The van der Waals surface area contributed by atoms with E-state index in [-0.39, 0.29) is 0 Å². The van der Waals surface area contributed by atoms with Crippen molar-refractivity contribution in [3.8, 4) is 0 Å². The molecule has 1 aliphatic heterocycles. The van der Waals surface area contributed by atoms with Crippen LogP contribution in [0.3, 0.4) is 0 Å². The lowest BCUT2D eigenvalue weighted by atomic mass is 9.96. The number of nitrogens with zero attached hydrogens (tertiary/aromatic N) is 3. The van der Waals surface area contributed by atoms with Gasteiger partial charge in [-0.1, -0.05) is 31.4 Å². The molecule has 0 aromatic heterocycles. The standard InChI is InChI=1S/C11H21N3/c1-9-5-3-4-6-10-11(8-7-9)14(2)13-12-10/h9-11H,3-8H2,1-2H3/t9-,10?,11?/m1/s1. The predicted octanol–water partition coefficient (Wildman–Crippen LogP) is 3.03. The molecule has 0 radical (unpaired) electrons. The molecule has 1 aliphatic carbocycles. The Hall–Kier alpha value is -0.600. The molecule has 1 heterocycles. The van der Waals surface area contributed by atoms with Crippen LogP contribution in [-0.4, -0.2) is 24.1 Å². The minimum Gasteiger partial charge on any atom is -0.277 e. The summed E-state index contributed by atoms with van der Waals surface area (Å²) in [7, 11) is 2.07. The van der Waals surface area contributed by atoms with Gasteiger partial charge >= 0.3 is 0 Å². The third kappa shape index (κ3) is 2.07. The lowest BCUT2D eigenvalue weighted by Gasteiger charge is -2.22. The van der Waals surface area contributed by atoms with Gasteiger partial charge in [0.05, 0.1) is 12.1 Å². The summed E-state index contributed by atoms with van der Waals surface area (Å²) in [6.45, 7) is 2.38. The fourth-order valence-electron chi connectivity index (χ4n) is 2.62. The number of hydrogen-bond acceptors (Lipinski definition) is 3. The third-order valence-corrected chi connectivity index (χ3v) is 3.67. The topological polar surface area (TPSA) is 28.0 Å². The molecule has 2 unspecified atom stereocenters. The molecule has 3 heteroatoms. The molecular formula is C11H21N3. The molecule has 3 nitrogen and oxygen atoms in total. The van der Waals surface area contributed by atoms with Gasteiger partial charge in [0.15, 0.2) is 0 Å². The zero-order valence-electron chi connectivity index (χ0n) is 9.32. The van der Waals surface area contributed by atoms with Crippen LogP contribution in [0.4, 0.5) is 0 Å². The molecule has 0 bridgehead atoms. The van der Waals surface area contributed by atoms with Crippen molar-refractivity contribution in [2.75, 3.05) is 7.05 Å². The molecule has 0 aromatic carbocycles. The Bertz CT molecular complexity index is 215. The van der Waals surface area contributed by atoms with E-state index in [0.717, 1.165) is 5.92 Å². The van der Waals surface area contributed by atoms with Crippen LogP contribution in [0.1, 0.15) is 45.4 Å². The van der Waals surface area contributed by atoms with E-state index in [1.165, 1.54) is 38.5 Å². The van der Waals surface area contributed by atoms with E-state index < -0.39 is 0 Å². The minimum absolute atomic E-state index is 0.491. The number of rotatable bonds is 0. The lowest BCUT2D eigenvalue weighted by molar-refractivity contribution is 0.241. The van der Waals surface area contributed by atoms with Gasteiger partial charge in [0.2, 0.25) is 0 Å². The van der Waals surface area contributed by atoms with E-state index in [0.29, 0.717) is 12.1 Å². The Morgan fingerprint density at radius 2 is 1.86 bits per heavy atom. The predicted molar refractivity (Wildman–Crippen MR) is 57.1 cm³/mol. The maximum atomic E-state index is 4.36. The van der Waals surface area contributed by atoms with Crippen molar-refractivity contribution in [2.45, 2.75) is 57.5 Å². The van der Waals surface area contributed by atoms with Crippen LogP contribution in [-0.2, 0) is 0 Å². The highest BCUT2D eigenvalue weighted by molar-refractivity contribution is 4.86. The monoisotopic (exact) mass is 195 g/mol. The van der Waals surface area contributed by atoms with Crippen molar-refractivity contribution in [1.82, 2.24) is 5.01 Å². The fourth-order valence-corrected chi connectivity index (χ4v) is 2.62. The first-order chi connectivity index (χ1) is 6.77. The van der Waals surface area contributed by atoms with Crippen LogP contribution in [0.15, 0.2) is 10.3 Å². The maximum absolute atomic E-state index is 4.36. The van der Waals surface area contributed by atoms with Gasteiger partial charge < -0.3 is 0 Å². The van der Waals surface area contributed by atoms with Gasteiger partial charge in [-0.25, -0.2) is 0 Å². The Labute approximate surface area is 86.6 Å². The largest absolute Gasteiger partial charge is 0.277 e. The van der Waals surface area contributed by atoms with Crippen molar-refractivity contribution in [3.05, 3.63) is 0 Å². The number of fused-ring (bicyclic) bond motifs is 1. The molecule has 0 saturated heterocycles. The first kappa shape index (κ1) is 9.94. The van der Waals surface area contributed by atoms with Crippen molar-refractivity contribution in [1.29, 1.82) is 0 Å². The summed E-state index contributed by atoms with van der Waals surface area (Å²) in [4.78, 5) is 0. The molecule has 2 aliphatic rings. The van der Waals surface area contributed by atoms with Gasteiger partial charge in [0, 0.05) is 7.05 Å². The molecule has 14 heavy (non-hydrogen) atoms. The summed E-state index contributed by atoms with van der Waals surface area (Å²) in [5, 5.41) is 10.6. The Kier molecular flexibility index (Phi) is 3.04. The highest BCUT2D eigenvalue weighted by atomic mass is 15.6. The van der Waals surface area contributed by atoms with Crippen molar-refractivity contribution in [3.63, 3.8) is 0 Å². The zero-order chi connectivity index (χ0) is 9.97. The quantitative estimate of drug-likeness (QED) is 0.584. The van der Waals surface area contributed by atoms with Crippen LogP contribution in [0.2, 0.25) is 0 Å². The van der Waals surface area contributed by atoms with Crippen LogP contribution >= 0.6 is 0 Å². The molecule has 2 rings (SSSR count). The SMILES string of the molecule is C[C@@H]1CCCCC2N=NN(C)C2CC1. The van der Waals surface area contributed by atoms with Gasteiger partial charge in [-0.15, -0.1) is 0 Å². The maximum Gasteiger partial charge on any atom is 0.0949 e. The number of hydrogen-bond donors (Lipinski definition) is 0. The van der Waals surface area contributed by atoms with Crippen molar-refractivity contribution >= 4 is 0 Å². The fraction of sp³-hybridized carbons (Fsp3) is 1.00. The van der Waals surface area contributed by atoms with E-state index in [9.17, 15) is 0 Å². The molecule has 1 fully saturated rings. The third-order valence-electron chi connectivity index (χ3n) is 3.67. The van der Waals surface area contributed by atoms with Crippen LogP contribution in [0, 0.1) is 5.92 Å². The summed E-state index contributed by atoms with van der Waals surface area (Å²) in [5.74, 6) is 0.891. The molecule has 0 spiro atoms. The van der Waals surface area contributed by atoms with Crippen LogP contribution in [0.25, 0.3) is 0 Å². The minimum atomic E-state index is 0.491. The van der Waals surface area contributed by atoms with Crippen molar-refractivity contribution < 1.29 is 0 Å². The smallest absolute Gasteiger partial charge is 0.0949 e. The van der Waals surface area contributed by atoms with Crippen molar-refractivity contribution in [2.24, 2.45) is 16.3 Å². The molecule has 3 atom stereocenters. The first-order valence-electron chi connectivity index (χ1n) is 5.91. The molecule has 1 saturated carbocycles. The van der Waals surface area contributed by atoms with E-state index in [1.807, 2.05) is 0 Å². The van der Waals surface area contributed by atoms with Gasteiger partial charge in [0.25, 0.3) is 0 Å². The summed E-state index contributed by atoms with van der Waals surface area (Å²) >= 11 is 0. The van der Waals surface area contributed by atoms with Gasteiger partial charge in [-0.2, -0.15) is 5.11 Å². The highest BCUT2D eigenvalue weighted by Crippen LogP contribution is 2.29. The van der Waals surface area contributed by atoms with E-state index in [4.69, 9.17) is 0 Å². The van der Waals surface area contributed by atoms with E-state index in [1.54, 1.807) is 0 Å². The number of likely N-dealkylation sites (N-methyl/N-ethyl adjacent to an activating group) is 1. The summed E-state index contributed by atoms with van der Waals surface area (Å²) in [5.41, 5.74) is 0. The second-order valence-electron chi connectivity index (χ2n) is 4.88. The normalized spacial score (nSPS) is 38.7. The van der Waals surface area contributed by atoms with Gasteiger partial charge in [-0.05, 0) is 25.2 Å². The molecule has 0 aromatic rings. The van der Waals surface area contributed by atoms with Gasteiger partial charge in [-0.3, -0.25) is 5.01 Å². The van der Waals surface area contributed by atoms with Crippen LogP contribution in [0.5, 0.6) is 0 Å². The average molecular weight is 195 g/mol. The van der Waals surface area contributed by atoms with E-state index in [2.05, 4.69) is 29.3 Å². The second kappa shape index (κ2) is 4.28. The molecular weight excluding hydrogens is 174 g/mol. The lowest BCUT2D eigenvalue weighted by Crippen LogP contribution is -2.32. The summed E-state index contributed by atoms with van der Waals surface area (Å²) in [6.07, 6.45) is 7.97. The zero-order valence-corrected chi connectivity index (χ0v) is 9.32. The molecule has 80 valence electrons. The second-order valence-corrected chi connectivity index (χ2v) is 4.88. The first-order valence-corrected chi connectivity index (χ1v) is 5.91. The molecule has 0 amide bonds. The molecule has 0 N–H and O–H groups in total. The summed E-state index contributed by atoms with van der Waals surface area (Å²) < 4.78 is 0. The Balaban J connectivity index is 1.98. The Morgan fingerprint density at radius 3 is 2.71 bits per heavy atom.